The molecule has 2 fully saturated rings. The maximum Gasteiger partial charge on any atom is 0.251 e. The summed E-state index contributed by atoms with van der Waals surface area (Å²) in [6.07, 6.45) is 1.12. The van der Waals surface area contributed by atoms with E-state index in [1.165, 1.54) is 0 Å². The highest BCUT2D eigenvalue weighted by Crippen LogP contribution is 2.33. The third-order valence-electron chi connectivity index (χ3n) is 4.52. The molecule has 6 heteroatoms. The van der Waals surface area contributed by atoms with Gasteiger partial charge in [0.1, 0.15) is 0 Å². The summed E-state index contributed by atoms with van der Waals surface area (Å²) in [5.74, 6) is 2.22. The zero-order chi connectivity index (χ0) is 15.4. The average molecular weight is 321 g/mol. The van der Waals surface area contributed by atoms with E-state index in [-0.39, 0.29) is 11.4 Å². The monoisotopic (exact) mass is 321 g/mol. The van der Waals surface area contributed by atoms with E-state index in [4.69, 9.17) is 10.5 Å². The number of ether oxygens (including phenoxy) is 1. The summed E-state index contributed by atoms with van der Waals surface area (Å²) in [6, 6.07) is 7.07. The van der Waals surface area contributed by atoms with Crippen LogP contribution in [0.3, 0.4) is 0 Å². The zero-order valence-corrected chi connectivity index (χ0v) is 13.5. The SMILES string of the molecule is Nc1ccc(C(=O)NCC2(N3CCOCC3)CCSC2)cc1. The summed E-state index contributed by atoms with van der Waals surface area (Å²) in [7, 11) is 0. The van der Waals surface area contributed by atoms with Crippen LogP contribution in [0.25, 0.3) is 0 Å². The van der Waals surface area contributed by atoms with Crippen molar-refractivity contribution in [3.8, 4) is 0 Å². The van der Waals surface area contributed by atoms with Gasteiger partial charge in [0, 0.05) is 42.2 Å². The number of carbonyl (C=O) groups excluding carboxylic acids is 1. The Morgan fingerprint density at radius 3 is 2.68 bits per heavy atom. The van der Waals surface area contributed by atoms with E-state index in [2.05, 4.69) is 10.2 Å². The minimum Gasteiger partial charge on any atom is -0.399 e. The van der Waals surface area contributed by atoms with Crippen LogP contribution in [0.5, 0.6) is 0 Å². The van der Waals surface area contributed by atoms with Crippen LogP contribution >= 0.6 is 11.8 Å². The number of morpholine rings is 1. The van der Waals surface area contributed by atoms with Crippen LogP contribution in [0.4, 0.5) is 5.69 Å². The Bertz CT molecular complexity index is 509. The third-order valence-corrected chi connectivity index (χ3v) is 5.75. The Labute approximate surface area is 135 Å². The summed E-state index contributed by atoms with van der Waals surface area (Å²) in [5.41, 5.74) is 7.09. The van der Waals surface area contributed by atoms with Gasteiger partial charge in [0.25, 0.3) is 5.91 Å². The molecule has 2 heterocycles. The maximum atomic E-state index is 12.3. The highest BCUT2D eigenvalue weighted by molar-refractivity contribution is 7.99. The number of anilines is 1. The summed E-state index contributed by atoms with van der Waals surface area (Å²) < 4.78 is 5.46. The average Bonchev–Trinajstić information content (AvgIpc) is 3.04. The van der Waals surface area contributed by atoms with E-state index < -0.39 is 0 Å². The van der Waals surface area contributed by atoms with Crippen LogP contribution in [0.15, 0.2) is 24.3 Å². The zero-order valence-electron chi connectivity index (χ0n) is 12.7. The van der Waals surface area contributed by atoms with E-state index in [1.807, 2.05) is 11.8 Å². The van der Waals surface area contributed by atoms with Gasteiger partial charge in [0.15, 0.2) is 0 Å². The lowest BCUT2D eigenvalue weighted by molar-refractivity contribution is -0.0129. The molecule has 0 aliphatic carbocycles. The number of benzene rings is 1. The fraction of sp³-hybridized carbons (Fsp3) is 0.562. The molecular weight excluding hydrogens is 298 g/mol. The van der Waals surface area contributed by atoms with Gasteiger partial charge in [-0.1, -0.05) is 0 Å². The van der Waals surface area contributed by atoms with Gasteiger partial charge >= 0.3 is 0 Å². The molecule has 3 N–H and O–H groups in total. The van der Waals surface area contributed by atoms with Gasteiger partial charge in [-0.3, -0.25) is 9.69 Å². The molecule has 22 heavy (non-hydrogen) atoms. The quantitative estimate of drug-likeness (QED) is 0.816. The third kappa shape index (κ3) is 3.39. The molecule has 1 aromatic carbocycles. The smallest absolute Gasteiger partial charge is 0.251 e. The Morgan fingerprint density at radius 1 is 1.32 bits per heavy atom. The van der Waals surface area contributed by atoms with Crippen molar-refractivity contribution >= 4 is 23.4 Å². The Balaban J connectivity index is 1.64. The summed E-state index contributed by atoms with van der Waals surface area (Å²) >= 11 is 1.97. The number of thioether (sulfide) groups is 1. The molecule has 0 aromatic heterocycles. The van der Waals surface area contributed by atoms with Gasteiger partial charge in [0.05, 0.1) is 13.2 Å². The van der Waals surface area contributed by atoms with Crippen molar-refractivity contribution in [1.82, 2.24) is 10.2 Å². The first-order chi connectivity index (χ1) is 10.7. The molecule has 3 rings (SSSR count). The molecule has 5 nitrogen and oxygen atoms in total. The van der Waals surface area contributed by atoms with Crippen molar-refractivity contribution in [2.75, 3.05) is 50.1 Å². The Morgan fingerprint density at radius 2 is 2.05 bits per heavy atom. The number of hydrogen-bond acceptors (Lipinski definition) is 5. The molecule has 120 valence electrons. The van der Waals surface area contributed by atoms with Crippen molar-refractivity contribution in [3.05, 3.63) is 29.8 Å². The molecule has 0 radical (unpaired) electrons. The molecule has 2 aliphatic heterocycles. The van der Waals surface area contributed by atoms with Crippen LogP contribution in [-0.4, -0.2) is 60.7 Å². The summed E-state index contributed by atoms with van der Waals surface area (Å²) in [6.45, 7) is 4.19. The first-order valence-electron chi connectivity index (χ1n) is 7.74. The van der Waals surface area contributed by atoms with E-state index in [9.17, 15) is 4.79 Å². The molecule has 2 aliphatic rings. The highest BCUT2D eigenvalue weighted by atomic mass is 32.2. The number of nitrogen functional groups attached to an aromatic ring is 1. The number of carbonyl (C=O) groups is 1. The Kier molecular flexibility index (Phi) is 4.90. The van der Waals surface area contributed by atoms with Gasteiger partial charge in [-0.05, 0) is 36.4 Å². The second-order valence-electron chi connectivity index (χ2n) is 5.93. The molecule has 1 aromatic rings. The molecular formula is C16H23N3O2S. The summed E-state index contributed by atoms with van der Waals surface area (Å²) in [5, 5.41) is 3.12. The van der Waals surface area contributed by atoms with E-state index in [1.54, 1.807) is 24.3 Å². The fourth-order valence-corrected chi connectivity index (χ4v) is 4.59. The van der Waals surface area contributed by atoms with Crippen LogP contribution in [0.1, 0.15) is 16.8 Å². The van der Waals surface area contributed by atoms with Crippen molar-refractivity contribution < 1.29 is 9.53 Å². The highest BCUT2D eigenvalue weighted by Gasteiger charge is 2.40. The molecule has 1 amide bonds. The van der Waals surface area contributed by atoms with Crippen LogP contribution in [-0.2, 0) is 4.74 Å². The second kappa shape index (κ2) is 6.89. The topological polar surface area (TPSA) is 67.6 Å². The first kappa shape index (κ1) is 15.6. The second-order valence-corrected chi connectivity index (χ2v) is 7.04. The van der Waals surface area contributed by atoms with Crippen LogP contribution in [0, 0.1) is 0 Å². The van der Waals surface area contributed by atoms with Gasteiger partial charge in [-0.25, -0.2) is 0 Å². The lowest BCUT2D eigenvalue weighted by Crippen LogP contribution is -2.59. The number of rotatable bonds is 4. The molecule has 2 saturated heterocycles. The van der Waals surface area contributed by atoms with Gasteiger partial charge in [-0.15, -0.1) is 0 Å². The molecule has 0 spiro atoms. The minimum atomic E-state index is -0.0236. The Hall–Kier alpha value is -1.24. The summed E-state index contributed by atoms with van der Waals surface area (Å²) in [4.78, 5) is 14.8. The van der Waals surface area contributed by atoms with E-state index >= 15 is 0 Å². The van der Waals surface area contributed by atoms with E-state index in [0.717, 1.165) is 44.2 Å². The van der Waals surface area contributed by atoms with Gasteiger partial charge < -0.3 is 15.8 Å². The molecule has 1 atom stereocenters. The number of nitrogens with one attached hydrogen (secondary N) is 1. The normalized spacial score (nSPS) is 26.0. The van der Waals surface area contributed by atoms with Crippen molar-refractivity contribution in [2.24, 2.45) is 0 Å². The predicted molar refractivity (Wildman–Crippen MR) is 90.3 cm³/mol. The van der Waals surface area contributed by atoms with Crippen molar-refractivity contribution in [2.45, 2.75) is 12.0 Å². The standard InChI is InChI=1S/C16H23N3O2S/c17-14-3-1-13(2-4-14)15(20)18-11-16(5-10-22-12-16)19-6-8-21-9-7-19/h1-4H,5-12,17H2,(H,18,20). The largest absolute Gasteiger partial charge is 0.399 e. The fourth-order valence-electron chi connectivity index (χ4n) is 3.12. The lowest BCUT2D eigenvalue weighted by atomic mass is 9.95. The first-order valence-corrected chi connectivity index (χ1v) is 8.89. The molecule has 0 saturated carbocycles. The predicted octanol–water partition coefficient (Wildman–Crippen LogP) is 1.21. The number of nitrogens with zero attached hydrogens (tertiary/aromatic N) is 1. The van der Waals surface area contributed by atoms with Gasteiger partial charge in [0.2, 0.25) is 0 Å². The molecule has 1 unspecified atom stereocenters. The van der Waals surface area contributed by atoms with Crippen LogP contribution in [0.2, 0.25) is 0 Å². The maximum absolute atomic E-state index is 12.3. The van der Waals surface area contributed by atoms with E-state index in [0.29, 0.717) is 17.8 Å². The number of hydrogen-bond donors (Lipinski definition) is 2. The lowest BCUT2D eigenvalue weighted by Gasteiger charge is -2.43. The minimum absolute atomic E-state index is 0.0236. The molecule has 0 bridgehead atoms. The van der Waals surface area contributed by atoms with Crippen LogP contribution < -0.4 is 11.1 Å². The number of nitrogens with two attached hydrogens (primary N) is 1. The van der Waals surface area contributed by atoms with Crippen molar-refractivity contribution in [3.63, 3.8) is 0 Å². The van der Waals surface area contributed by atoms with Gasteiger partial charge in [-0.2, -0.15) is 11.8 Å². The van der Waals surface area contributed by atoms with Crippen molar-refractivity contribution in [1.29, 1.82) is 0 Å². The number of amides is 1.